The van der Waals surface area contributed by atoms with Gasteiger partial charge in [-0.05, 0) is 23.8 Å². The van der Waals surface area contributed by atoms with Crippen LogP contribution in [0.5, 0.6) is 5.75 Å². The molecule has 2 rings (SSSR count). The summed E-state index contributed by atoms with van der Waals surface area (Å²) < 4.78 is 18.7. The first-order chi connectivity index (χ1) is 9.56. The molecule has 0 aliphatic rings. The van der Waals surface area contributed by atoms with Gasteiger partial charge in [0.25, 0.3) is 0 Å². The largest absolute Gasteiger partial charge is 0.508 e. The van der Waals surface area contributed by atoms with E-state index in [1.807, 2.05) is 12.1 Å². The summed E-state index contributed by atoms with van der Waals surface area (Å²) in [6, 6.07) is 9.00. The van der Waals surface area contributed by atoms with Crippen LogP contribution in [0, 0.1) is 0 Å². The summed E-state index contributed by atoms with van der Waals surface area (Å²) in [5, 5.41) is 11.4. The lowest BCUT2D eigenvalue weighted by Gasteiger charge is -2.19. The summed E-state index contributed by atoms with van der Waals surface area (Å²) in [4.78, 5) is 11.4. The molecule has 3 N–H and O–H groups in total. The summed E-state index contributed by atoms with van der Waals surface area (Å²) in [5.74, 6) is -1.16. The Morgan fingerprint density at radius 1 is 1.35 bits per heavy atom. The van der Waals surface area contributed by atoms with Crippen LogP contribution in [-0.4, -0.2) is 23.9 Å². The third-order valence-electron chi connectivity index (χ3n) is 3.11. The summed E-state index contributed by atoms with van der Waals surface area (Å²) in [5.41, 5.74) is 6.01. The SMILES string of the molecule is CCOC(=O)C(F)[C@@H](N)c1c(O)ccc2ccccc12. The molecule has 0 aliphatic heterocycles. The Bertz CT molecular complexity index is 630. The number of hydrogen-bond donors (Lipinski definition) is 2. The normalized spacial score (nSPS) is 13.9. The number of fused-ring (bicyclic) bond motifs is 1. The molecule has 5 heteroatoms. The van der Waals surface area contributed by atoms with E-state index in [1.165, 1.54) is 6.07 Å². The molecule has 0 aromatic heterocycles. The highest BCUT2D eigenvalue weighted by Crippen LogP contribution is 2.33. The Morgan fingerprint density at radius 2 is 2.05 bits per heavy atom. The highest BCUT2D eigenvalue weighted by molar-refractivity contribution is 5.89. The van der Waals surface area contributed by atoms with Crippen molar-refractivity contribution in [1.29, 1.82) is 0 Å². The lowest BCUT2D eigenvalue weighted by atomic mass is 9.95. The Morgan fingerprint density at radius 3 is 2.75 bits per heavy atom. The Balaban J connectivity index is 2.46. The molecule has 0 heterocycles. The fraction of sp³-hybridized carbons (Fsp3) is 0.267. The lowest BCUT2D eigenvalue weighted by molar-refractivity contribution is -0.149. The molecule has 2 aromatic rings. The highest BCUT2D eigenvalue weighted by Gasteiger charge is 2.30. The number of esters is 1. The molecule has 0 spiro atoms. The quantitative estimate of drug-likeness (QED) is 0.842. The monoisotopic (exact) mass is 277 g/mol. The predicted molar refractivity (Wildman–Crippen MR) is 74.1 cm³/mol. The summed E-state index contributed by atoms with van der Waals surface area (Å²) >= 11 is 0. The van der Waals surface area contributed by atoms with Gasteiger partial charge in [0.05, 0.1) is 12.6 Å². The maximum Gasteiger partial charge on any atom is 0.342 e. The van der Waals surface area contributed by atoms with Crippen molar-refractivity contribution in [3.63, 3.8) is 0 Å². The minimum atomic E-state index is -2.02. The van der Waals surface area contributed by atoms with Crippen molar-refractivity contribution in [2.45, 2.75) is 19.1 Å². The second-order valence-corrected chi connectivity index (χ2v) is 4.40. The molecule has 1 unspecified atom stereocenters. The number of halogens is 1. The van der Waals surface area contributed by atoms with E-state index in [1.54, 1.807) is 25.1 Å². The predicted octanol–water partition coefficient (Wildman–Crippen LogP) is 2.45. The van der Waals surface area contributed by atoms with Gasteiger partial charge in [-0.25, -0.2) is 9.18 Å². The van der Waals surface area contributed by atoms with Crippen LogP contribution in [-0.2, 0) is 9.53 Å². The molecular weight excluding hydrogens is 261 g/mol. The molecule has 0 saturated carbocycles. The zero-order chi connectivity index (χ0) is 14.7. The van der Waals surface area contributed by atoms with Crippen LogP contribution in [0.25, 0.3) is 10.8 Å². The molecule has 106 valence electrons. The second-order valence-electron chi connectivity index (χ2n) is 4.40. The van der Waals surface area contributed by atoms with E-state index in [9.17, 15) is 14.3 Å². The van der Waals surface area contributed by atoms with Crippen LogP contribution in [0.1, 0.15) is 18.5 Å². The Hall–Kier alpha value is -2.14. The fourth-order valence-corrected chi connectivity index (χ4v) is 2.15. The minimum absolute atomic E-state index is 0.0769. The van der Waals surface area contributed by atoms with Crippen LogP contribution in [0.15, 0.2) is 36.4 Å². The zero-order valence-corrected chi connectivity index (χ0v) is 11.0. The van der Waals surface area contributed by atoms with E-state index in [-0.39, 0.29) is 17.9 Å². The molecule has 2 atom stereocenters. The number of carbonyl (C=O) groups is 1. The fourth-order valence-electron chi connectivity index (χ4n) is 2.15. The van der Waals surface area contributed by atoms with Crippen molar-refractivity contribution in [1.82, 2.24) is 0 Å². The van der Waals surface area contributed by atoms with Crippen LogP contribution in [0.4, 0.5) is 4.39 Å². The number of carbonyl (C=O) groups excluding carboxylic acids is 1. The van der Waals surface area contributed by atoms with Crippen molar-refractivity contribution in [3.05, 3.63) is 42.0 Å². The van der Waals surface area contributed by atoms with E-state index in [0.29, 0.717) is 5.39 Å². The highest BCUT2D eigenvalue weighted by atomic mass is 19.1. The molecule has 20 heavy (non-hydrogen) atoms. The Labute approximate surface area is 116 Å². The maximum atomic E-state index is 14.1. The van der Waals surface area contributed by atoms with Crippen LogP contribution < -0.4 is 5.73 Å². The van der Waals surface area contributed by atoms with E-state index in [4.69, 9.17) is 5.73 Å². The van der Waals surface area contributed by atoms with Gasteiger partial charge in [-0.3, -0.25) is 0 Å². The third-order valence-corrected chi connectivity index (χ3v) is 3.11. The Kier molecular flexibility index (Phi) is 4.20. The molecule has 0 fully saturated rings. The maximum absolute atomic E-state index is 14.1. The van der Waals surface area contributed by atoms with Gasteiger partial charge in [0.2, 0.25) is 6.17 Å². The van der Waals surface area contributed by atoms with Gasteiger partial charge in [-0.2, -0.15) is 0 Å². The summed E-state index contributed by atoms with van der Waals surface area (Å²) in [6.45, 7) is 1.67. The molecule has 0 bridgehead atoms. The van der Waals surface area contributed by atoms with Crippen molar-refractivity contribution in [2.75, 3.05) is 6.61 Å². The number of rotatable bonds is 4. The van der Waals surface area contributed by atoms with Gasteiger partial charge < -0.3 is 15.6 Å². The van der Waals surface area contributed by atoms with E-state index < -0.39 is 18.2 Å². The summed E-state index contributed by atoms with van der Waals surface area (Å²) in [6.07, 6.45) is -2.02. The van der Waals surface area contributed by atoms with Crippen LogP contribution in [0.3, 0.4) is 0 Å². The number of ether oxygens (including phenoxy) is 1. The minimum Gasteiger partial charge on any atom is -0.508 e. The number of hydrogen-bond acceptors (Lipinski definition) is 4. The van der Waals surface area contributed by atoms with Crippen LogP contribution >= 0.6 is 0 Å². The first kappa shape index (κ1) is 14.3. The van der Waals surface area contributed by atoms with E-state index in [2.05, 4.69) is 4.74 Å². The zero-order valence-electron chi connectivity index (χ0n) is 11.0. The molecule has 0 aliphatic carbocycles. The van der Waals surface area contributed by atoms with Gasteiger partial charge >= 0.3 is 5.97 Å². The van der Waals surface area contributed by atoms with E-state index >= 15 is 0 Å². The van der Waals surface area contributed by atoms with Gasteiger partial charge in [0, 0.05) is 5.56 Å². The average Bonchev–Trinajstić information content (AvgIpc) is 2.46. The number of benzene rings is 2. The first-order valence-corrected chi connectivity index (χ1v) is 6.33. The van der Waals surface area contributed by atoms with Gasteiger partial charge in [-0.1, -0.05) is 30.3 Å². The third kappa shape index (κ3) is 2.58. The molecule has 4 nitrogen and oxygen atoms in total. The van der Waals surface area contributed by atoms with E-state index in [0.717, 1.165) is 5.39 Å². The van der Waals surface area contributed by atoms with Crippen molar-refractivity contribution in [2.24, 2.45) is 5.73 Å². The number of phenolic OH excluding ortho intramolecular Hbond substituents is 1. The summed E-state index contributed by atoms with van der Waals surface area (Å²) in [7, 11) is 0. The number of alkyl halides is 1. The van der Waals surface area contributed by atoms with Gasteiger partial charge in [0.1, 0.15) is 5.75 Å². The molecule has 2 aromatic carbocycles. The standard InChI is InChI=1S/C15H16FNO3/c1-2-20-15(19)13(16)14(17)12-10-6-4-3-5-9(10)7-8-11(12)18/h3-8,13-14,18H,2,17H2,1H3/t13?,14-/m0/s1. The lowest BCUT2D eigenvalue weighted by Crippen LogP contribution is -2.31. The molecule has 0 amide bonds. The van der Waals surface area contributed by atoms with Crippen molar-refractivity contribution >= 4 is 16.7 Å². The van der Waals surface area contributed by atoms with Gasteiger partial charge in [-0.15, -0.1) is 0 Å². The van der Waals surface area contributed by atoms with Crippen LogP contribution in [0.2, 0.25) is 0 Å². The molecule has 0 saturated heterocycles. The number of aromatic hydroxyl groups is 1. The topological polar surface area (TPSA) is 72.5 Å². The van der Waals surface area contributed by atoms with Gasteiger partial charge in [0.15, 0.2) is 0 Å². The smallest absolute Gasteiger partial charge is 0.342 e. The van der Waals surface area contributed by atoms with Crippen molar-refractivity contribution < 1.29 is 19.0 Å². The first-order valence-electron chi connectivity index (χ1n) is 6.33. The average molecular weight is 277 g/mol. The van der Waals surface area contributed by atoms with Crippen molar-refractivity contribution in [3.8, 4) is 5.75 Å². The second kappa shape index (κ2) is 5.88. The number of nitrogens with two attached hydrogens (primary N) is 1. The molecular formula is C15H16FNO3. The molecule has 0 radical (unpaired) electrons. The number of phenols is 1.